The smallest absolute Gasteiger partial charge is 0.230 e. The lowest BCUT2D eigenvalue weighted by Gasteiger charge is -2.39. The van der Waals surface area contributed by atoms with Crippen LogP contribution in [0.15, 0.2) is 24.3 Å². The molecule has 1 spiro atoms. The first-order chi connectivity index (χ1) is 11.6. The van der Waals surface area contributed by atoms with Gasteiger partial charge < -0.3 is 9.80 Å². The molecule has 2 amide bonds. The molecule has 1 atom stereocenters. The zero-order valence-corrected chi connectivity index (χ0v) is 14.5. The van der Waals surface area contributed by atoms with Crippen LogP contribution in [0.3, 0.4) is 0 Å². The highest BCUT2D eigenvalue weighted by Crippen LogP contribution is 2.42. The first-order valence-electron chi connectivity index (χ1n) is 9.21. The third-order valence-corrected chi connectivity index (χ3v) is 5.87. The van der Waals surface area contributed by atoms with E-state index in [2.05, 4.69) is 31.2 Å². The molecule has 1 aliphatic carbocycles. The fraction of sp³-hybridized carbons (Fsp3) is 0.600. The summed E-state index contributed by atoms with van der Waals surface area (Å²) < 4.78 is 0. The van der Waals surface area contributed by atoms with E-state index in [1.807, 2.05) is 9.80 Å². The Hall–Kier alpha value is -1.84. The third-order valence-electron chi connectivity index (χ3n) is 5.87. The van der Waals surface area contributed by atoms with Crippen molar-refractivity contribution in [3.05, 3.63) is 35.4 Å². The quantitative estimate of drug-likeness (QED) is 0.857. The molecule has 3 aliphatic rings. The van der Waals surface area contributed by atoms with Crippen molar-refractivity contribution >= 4 is 11.8 Å². The van der Waals surface area contributed by atoms with Crippen molar-refractivity contribution in [1.29, 1.82) is 0 Å². The minimum Gasteiger partial charge on any atom is -0.341 e. The van der Waals surface area contributed by atoms with Gasteiger partial charge in [0.25, 0.3) is 0 Å². The van der Waals surface area contributed by atoms with Crippen LogP contribution in [-0.2, 0) is 16.1 Å². The molecule has 2 saturated heterocycles. The van der Waals surface area contributed by atoms with E-state index in [1.165, 1.54) is 11.1 Å². The van der Waals surface area contributed by atoms with Gasteiger partial charge >= 0.3 is 0 Å². The molecular formula is C20H26N2O2. The monoisotopic (exact) mass is 326 g/mol. The van der Waals surface area contributed by atoms with Crippen LogP contribution < -0.4 is 0 Å². The van der Waals surface area contributed by atoms with Crippen molar-refractivity contribution in [3.63, 3.8) is 0 Å². The Labute approximate surface area is 143 Å². The second kappa shape index (κ2) is 5.91. The fourth-order valence-electron chi connectivity index (χ4n) is 4.36. The number of amides is 2. The van der Waals surface area contributed by atoms with E-state index in [-0.39, 0.29) is 23.1 Å². The molecule has 1 aromatic rings. The molecule has 3 fully saturated rings. The molecule has 1 aromatic carbocycles. The van der Waals surface area contributed by atoms with Crippen molar-refractivity contribution in [2.75, 3.05) is 19.6 Å². The Balaban J connectivity index is 1.47. The predicted molar refractivity (Wildman–Crippen MR) is 92.2 cm³/mol. The number of hydrogen-bond donors (Lipinski definition) is 0. The molecule has 1 saturated carbocycles. The molecule has 4 rings (SSSR count). The van der Waals surface area contributed by atoms with Crippen LogP contribution in [0, 0.1) is 18.3 Å². The van der Waals surface area contributed by atoms with Crippen LogP contribution >= 0.6 is 0 Å². The number of rotatable bonds is 3. The van der Waals surface area contributed by atoms with Gasteiger partial charge in [0.05, 0.1) is 5.41 Å². The minimum absolute atomic E-state index is 0.252. The van der Waals surface area contributed by atoms with E-state index in [1.54, 1.807) is 0 Å². The lowest BCUT2D eigenvalue weighted by molar-refractivity contribution is -0.147. The number of nitrogens with zero attached hydrogens (tertiary/aromatic N) is 2. The first kappa shape index (κ1) is 15.7. The van der Waals surface area contributed by atoms with Gasteiger partial charge in [-0.15, -0.1) is 0 Å². The van der Waals surface area contributed by atoms with Gasteiger partial charge in [-0.05, 0) is 44.6 Å². The molecule has 0 N–H and O–H groups in total. The summed E-state index contributed by atoms with van der Waals surface area (Å²) in [5.74, 6) is 0.805. The zero-order chi connectivity index (χ0) is 16.7. The van der Waals surface area contributed by atoms with Gasteiger partial charge in [-0.25, -0.2) is 0 Å². The molecular weight excluding hydrogens is 300 g/mol. The molecule has 2 aliphatic heterocycles. The largest absolute Gasteiger partial charge is 0.341 e. The standard InChI is InChI=1S/C20H26N2O2/c1-15-4-2-5-16(12-15)13-21-10-3-8-20(19(21)24)9-11-22(14-20)18(23)17-6-7-17/h2,4-5,12,17H,3,6-11,13-14H2,1H3. The number of benzene rings is 1. The highest BCUT2D eigenvalue weighted by Gasteiger charge is 2.50. The SMILES string of the molecule is Cc1cccc(CN2CCCC3(CCN(C(=O)C4CC4)C3)C2=O)c1. The van der Waals surface area contributed by atoms with Crippen molar-refractivity contribution in [1.82, 2.24) is 9.80 Å². The lowest BCUT2D eigenvalue weighted by atomic mass is 9.78. The van der Waals surface area contributed by atoms with Gasteiger partial charge in [0.15, 0.2) is 0 Å². The Bertz CT molecular complexity index is 667. The van der Waals surface area contributed by atoms with E-state index in [0.717, 1.165) is 45.2 Å². The lowest BCUT2D eigenvalue weighted by Crippen LogP contribution is -2.50. The topological polar surface area (TPSA) is 40.6 Å². The van der Waals surface area contributed by atoms with Crippen LogP contribution in [0.25, 0.3) is 0 Å². The molecule has 0 bridgehead atoms. The van der Waals surface area contributed by atoms with E-state index in [9.17, 15) is 9.59 Å². The van der Waals surface area contributed by atoms with E-state index in [0.29, 0.717) is 13.1 Å². The molecule has 128 valence electrons. The molecule has 4 heteroatoms. The highest BCUT2D eigenvalue weighted by atomic mass is 16.2. The van der Waals surface area contributed by atoms with Crippen molar-refractivity contribution in [2.24, 2.45) is 11.3 Å². The summed E-state index contributed by atoms with van der Waals surface area (Å²) in [6.45, 7) is 5.02. The summed E-state index contributed by atoms with van der Waals surface area (Å²) in [7, 11) is 0. The molecule has 2 heterocycles. The number of aryl methyl sites for hydroxylation is 1. The number of carbonyl (C=O) groups is 2. The fourth-order valence-corrected chi connectivity index (χ4v) is 4.36. The summed E-state index contributed by atoms with van der Waals surface area (Å²) in [6, 6.07) is 8.40. The average molecular weight is 326 g/mol. The highest BCUT2D eigenvalue weighted by molar-refractivity contribution is 5.87. The number of likely N-dealkylation sites (tertiary alicyclic amines) is 2. The summed E-state index contributed by atoms with van der Waals surface area (Å²) in [5.41, 5.74) is 2.12. The number of piperidine rings is 1. The van der Waals surface area contributed by atoms with Crippen molar-refractivity contribution < 1.29 is 9.59 Å². The van der Waals surface area contributed by atoms with Crippen molar-refractivity contribution in [3.8, 4) is 0 Å². The second-order valence-electron chi connectivity index (χ2n) is 7.88. The summed E-state index contributed by atoms with van der Waals surface area (Å²) >= 11 is 0. The van der Waals surface area contributed by atoms with Crippen LogP contribution in [0.1, 0.15) is 43.2 Å². The minimum atomic E-state index is -0.313. The van der Waals surface area contributed by atoms with Gasteiger partial charge in [-0.3, -0.25) is 9.59 Å². The van der Waals surface area contributed by atoms with E-state index in [4.69, 9.17) is 0 Å². The Morgan fingerprint density at radius 2 is 2.08 bits per heavy atom. The summed E-state index contributed by atoms with van der Waals surface area (Å²) in [5, 5.41) is 0. The molecule has 1 unspecified atom stereocenters. The first-order valence-corrected chi connectivity index (χ1v) is 9.21. The average Bonchev–Trinajstić information content (AvgIpc) is 3.33. The van der Waals surface area contributed by atoms with Crippen LogP contribution in [0.4, 0.5) is 0 Å². The predicted octanol–water partition coefficient (Wildman–Crippen LogP) is 2.75. The maximum Gasteiger partial charge on any atom is 0.230 e. The zero-order valence-electron chi connectivity index (χ0n) is 14.5. The number of hydrogen-bond acceptors (Lipinski definition) is 2. The van der Waals surface area contributed by atoms with Crippen LogP contribution in [-0.4, -0.2) is 41.2 Å². The maximum absolute atomic E-state index is 13.2. The van der Waals surface area contributed by atoms with Gasteiger partial charge in [-0.1, -0.05) is 29.8 Å². The van der Waals surface area contributed by atoms with Crippen LogP contribution in [0.2, 0.25) is 0 Å². The van der Waals surface area contributed by atoms with Crippen molar-refractivity contribution in [2.45, 2.75) is 45.6 Å². The van der Waals surface area contributed by atoms with E-state index >= 15 is 0 Å². The maximum atomic E-state index is 13.2. The normalized spacial score (nSPS) is 27.1. The third kappa shape index (κ3) is 2.83. The second-order valence-corrected chi connectivity index (χ2v) is 7.88. The summed E-state index contributed by atoms with van der Waals surface area (Å²) in [4.78, 5) is 29.5. The van der Waals surface area contributed by atoms with E-state index < -0.39 is 0 Å². The molecule has 0 aromatic heterocycles. The van der Waals surface area contributed by atoms with Gasteiger partial charge in [0.2, 0.25) is 11.8 Å². The molecule has 0 radical (unpaired) electrons. The van der Waals surface area contributed by atoms with Gasteiger partial charge in [-0.2, -0.15) is 0 Å². The number of carbonyl (C=O) groups excluding carboxylic acids is 2. The molecule has 4 nitrogen and oxygen atoms in total. The Kier molecular flexibility index (Phi) is 3.86. The van der Waals surface area contributed by atoms with Gasteiger partial charge in [0, 0.05) is 32.1 Å². The summed E-state index contributed by atoms with van der Waals surface area (Å²) in [6.07, 6.45) is 4.90. The molecule has 24 heavy (non-hydrogen) atoms. The Morgan fingerprint density at radius 3 is 2.83 bits per heavy atom. The van der Waals surface area contributed by atoms with Gasteiger partial charge in [0.1, 0.15) is 0 Å². The Morgan fingerprint density at radius 1 is 1.25 bits per heavy atom. The van der Waals surface area contributed by atoms with Crippen LogP contribution in [0.5, 0.6) is 0 Å².